The second-order valence-corrected chi connectivity index (χ2v) is 2.02. The molecule has 0 aliphatic carbocycles. The molecule has 0 atom stereocenters. The van der Waals surface area contributed by atoms with Crippen LogP contribution in [0.4, 0.5) is 0 Å². The van der Waals surface area contributed by atoms with Crippen molar-refractivity contribution in [3.63, 3.8) is 0 Å². The Balaban J connectivity index is 3.11. The molecule has 1 heteroatoms. The summed E-state index contributed by atoms with van der Waals surface area (Å²) in [5.74, 6) is 0. The molecule has 0 amide bonds. The molecular weight excluding hydrogens is 124 g/mol. The lowest BCUT2D eigenvalue weighted by molar-refractivity contribution is -0.107. The predicted molar refractivity (Wildman–Crippen MR) is 43.9 cm³/mol. The molecule has 0 rings (SSSR count). The second-order valence-electron chi connectivity index (χ2n) is 2.02. The Morgan fingerprint density at radius 1 is 1.10 bits per heavy atom. The zero-order chi connectivity index (χ0) is 7.66. The summed E-state index contributed by atoms with van der Waals surface area (Å²) in [7, 11) is 0. The summed E-state index contributed by atoms with van der Waals surface area (Å²) >= 11 is 0. The molecule has 0 saturated heterocycles. The molecule has 0 heterocycles. The van der Waals surface area contributed by atoms with Crippen LogP contribution in [0.5, 0.6) is 0 Å². The Hall–Kier alpha value is -0.850. The van der Waals surface area contributed by atoms with Gasteiger partial charge in [-0.05, 0) is 19.8 Å². The molecule has 1 nitrogen and oxygen atoms in total. The van der Waals surface area contributed by atoms with E-state index in [9.17, 15) is 4.79 Å². The van der Waals surface area contributed by atoms with Crippen LogP contribution < -0.4 is 0 Å². The van der Waals surface area contributed by atoms with Crippen molar-refractivity contribution in [3.05, 3.63) is 24.3 Å². The largest absolute Gasteiger partial charge is 0.303 e. The first-order valence-electron chi connectivity index (χ1n) is 3.61. The van der Waals surface area contributed by atoms with Crippen molar-refractivity contribution in [2.24, 2.45) is 0 Å². The van der Waals surface area contributed by atoms with Crippen LogP contribution in [0.15, 0.2) is 24.3 Å². The average molecular weight is 138 g/mol. The van der Waals surface area contributed by atoms with E-state index in [2.05, 4.69) is 12.2 Å². The maximum atomic E-state index is 9.85. The Bertz CT molecular complexity index is 123. The third-order valence-corrected chi connectivity index (χ3v) is 1.13. The fraction of sp³-hybridized carbons (Fsp3) is 0.444. The van der Waals surface area contributed by atoms with Crippen LogP contribution in [-0.2, 0) is 4.79 Å². The number of hydrogen-bond acceptors (Lipinski definition) is 1. The molecule has 0 unspecified atom stereocenters. The molecule has 0 aliphatic heterocycles. The number of rotatable bonds is 5. The predicted octanol–water partition coefficient (Wildman–Crippen LogP) is 2.49. The second kappa shape index (κ2) is 8.15. The summed E-state index contributed by atoms with van der Waals surface area (Å²) < 4.78 is 0. The number of carbonyl (C=O) groups is 1. The minimum absolute atomic E-state index is 0.645. The Morgan fingerprint density at radius 2 is 1.90 bits per heavy atom. The summed E-state index contributed by atoms with van der Waals surface area (Å²) in [4.78, 5) is 9.85. The van der Waals surface area contributed by atoms with Gasteiger partial charge in [-0.15, -0.1) is 0 Å². The first kappa shape index (κ1) is 9.15. The van der Waals surface area contributed by atoms with Crippen LogP contribution in [0.1, 0.15) is 26.2 Å². The van der Waals surface area contributed by atoms with Crippen LogP contribution in [0.2, 0.25) is 0 Å². The van der Waals surface area contributed by atoms with Gasteiger partial charge in [0.2, 0.25) is 0 Å². The topological polar surface area (TPSA) is 17.1 Å². The zero-order valence-corrected chi connectivity index (χ0v) is 6.42. The molecule has 0 saturated carbocycles. The van der Waals surface area contributed by atoms with Crippen LogP contribution >= 0.6 is 0 Å². The van der Waals surface area contributed by atoms with Crippen LogP contribution in [0.3, 0.4) is 0 Å². The first-order chi connectivity index (χ1) is 4.91. The van der Waals surface area contributed by atoms with Crippen molar-refractivity contribution in [2.75, 3.05) is 0 Å². The van der Waals surface area contributed by atoms with Gasteiger partial charge in [-0.3, -0.25) is 0 Å². The lowest BCUT2D eigenvalue weighted by atomic mass is 10.3. The van der Waals surface area contributed by atoms with Crippen molar-refractivity contribution in [1.29, 1.82) is 0 Å². The smallest absolute Gasteiger partial charge is 0.120 e. The van der Waals surface area contributed by atoms with Gasteiger partial charge in [0.1, 0.15) is 6.29 Å². The van der Waals surface area contributed by atoms with Crippen molar-refractivity contribution < 1.29 is 4.79 Å². The van der Waals surface area contributed by atoms with Crippen molar-refractivity contribution >= 4 is 6.29 Å². The van der Waals surface area contributed by atoms with E-state index >= 15 is 0 Å². The average Bonchev–Trinajstić information content (AvgIpc) is 1.97. The van der Waals surface area contributed by atoms with Gasteiger partial charge in [0.15, 0.2) is 0 Å². The molecule has 0 aliphatic rings. The summed E-state index contributed by atoms with van der Waals surface area (Å²) in [6, 6.07) is 0. The van der Waals surface area contributed by atoms with E-state index < -0.39 is 0 Å². The lowest BCUT2D eigenvalue weighted by Crippen LogP contribution is -1.69. The molecule has 0 spiro atoms. The highest BCUT2D eigenvalue weighted by atomic mass is 16.1. The standard InChI is InChI=1S/C9H14O/c1-2-3-4-5-6-7-8-9-10/h2-3,5-6,9H,4,7-8H2,1H3/b3-2+,6-5+. The zero-order valence-electron chi connectivity index (χ0n) is 6.42. The number of unbranched alkanes of at least 4 members (excludes halogenated alkanes) is 1. The normalized spacial score (nSPS) is 11.3. The van der Waals surface area contributed by atoms with E-state index in [0.29, 0.717) is 6.42 Å². The molecule has 0 aromatic heterocycles. The van der Waals surface area contributed by atoms with Gasteiger partial charge >= 0.3 is 0 Å². The van der Waals surface area contributed by atoms with Gasteiger partial charge in [0.05, 0.1) is 0 Å². The van der Waals surface area contributed by atoms with E-state index in [1.54, 1.807) is 0 Å². The maximum absolute atomic E-state index is 9.85. The number of hydrogen-bond donors (Lipinski definition) is 0. The molecule has 0 aromatic rings. The van der Waals surface area contributed by atoms with Gasteiger partial charge in [-0.2, -0.15) is 0 Å². The van der Waals surface area contributed by atoms with Crippen LogP contribution in [-0.4, -0.2) is 6.29 Å². The highest BCUT2D eigenvalue weighted by Gasteiger charge is 1.75. The third kappa shape index (κ3) is 7.15. The van der Waals surface area contributed by atoms with E-state index in [0.717, 1.165) is 19.1 Å². The molecular formula is C9H14O. The minimum atomic E-state index is 0.645. The Kier molecular flexibility index (Phi) is 7.46. The minimum Gasteiger partial charge on any atom is -0.303 e. The Morgan fingerprint density at radius 3 is 2.50 bits per heavy atom. The van der Waals surface area contributed by atoms with Gasteiger partial charge in [-0.25, -0.2) is 0 Å². The monoisotopic (exact) mass is 138 g/mol. The van der Waals surface area contributed by atoms with E-state index in [1.165, 1.54) is 0 Å². The van der Waals surface area contributed by atoms with Gasteiger partial charge in [-0.1, -0.05) is 24.3 Å². The summed E-state index contributed by atoms with van der Waals surface area (Å²) in [6.45, 7) is 2.00. The van der Waals surface area contributed by atoms with E-state index in [4.69, 9.17) is 0 Å². The van der Waals surface area contributed by atoms with E-state index in [1.807, 2.05) is 19.1 Å². The van der Waals surface area contributed by atoms with Gasteiger partial charge in [0.25, 0.3) is 0 Å². The fourth-order valence-corrected chi connectivity index (χ4v) is 0.593. The van der Waals surface area contributed by atoms with Crippen molar-refractivity contribution in [2.45, 2.75) is 26.2 Å². The first-order valence-corrected chi connectivity index (χ1v) is 3.61. The molecule has 56 valence electrons. The van der Waals surface area contributed by atoms with Crippen molar-refractivity contribution in [1.82, 2.24) is 0 Å². The lowest BCUT2D eigenvalue weighted by Gasteiger charge is -1.81. The van der Waals surface area contributed by atoms with Gasteiger partial charge < -0.3 is 4.79 Å². The molecule has 0 radical (unpaired) electrons. The number of aldehydes is 1. The molecule has 10 heavy (non-hydrogen) atoms. The quantitative estimate of drug-likeness (QED) is 0.324. The van der Waals surface area contributed by atoms with E-state index in [-0.39, 0.29) is 0 Å². The summed E-state index contributed by atoms with van der Waals surface area (Å²) in [5, 5.41) is 0. The van der Waals surface area contributed by atoms with Crippen LogP contribution in [0.25, 0.3) is 0 Å². The highest BCUT2D eigenvalue weighted by molar-refractivity contribution is 5.49. The summed E-state index contributed by atoms with van der Waals surface area (Å²) in [5.41, 5.74) is 0. The molecule has 0 bridgehead atoms. The number of allylic oxidation sites excluding steroid dienone is 4. The van der Waals surface area contributed by atoms with Crippen molar-refractivity contribution in [3.8, 4) is 0 Å². The fourth-order valence-electron chi connectivity index (χ4n) is 0.593. The highest BCUT2D eigenvalue weighted by Crippen LogP contribution is 1.90. The molecule has 0 aromatic carbocycles. The third-order valence-electron chi connectivity index (χ3n) is 1.13. The SMILES string of the molecule is C/C=C/C/C=C/CCC=O. The number of carbonyl (C=O) groups excluding carboxylic acids is 1. The Labute approximate surface area is 62.4 Å². The maximum Gasteiger partial charge on any atom is 0.120 e. The van der Waals surface area contributed by atoms with Crippen LogP contribution in [0, 0.1) is 0 Å². The molecule has 0 fully saturated rings. The molecule has 0 N–H and O–H groups in total. The van der Waals surface area contributed by atoms with Gasteiger partial charge in [0, 0.05) is 6.42 Å². The summed E-state index contributed by atoms with van der Waals surface area (Å²) in [6.07, 6.45) is 11.7.